The van der Waals surface area contributed by atoms with Gasteiger partial charge in [0.25, 0.3) is 11.8 Å². The van der Waals surface area contributed by atoms with E-state index >= 15 is 0 Å². The lowest BCUT2D eigenvalue weighted by molar-refractivity contribution is -0.114. The number of fused-ring (bicyclic) bond motifs is 1. The number of amides is 2. The number of likely N-dealkylation sites (N-methyl/N-ethyl adjacent to an activating group) is 1. The molecule has 0 saturated carbocycles. The fourth-order valence-corrected chi connectivity index (χ4v) is 6.36. The van der Waals surface area contributed by atoms with Gasteiger partial charge in [-0.15, -0.1) is 0 Å². The van der Waals surface area contributed by atoms with Crippen molar-refractivity contribution in [2.24, 2.45) is 0 Å². The fourth-order valence-electron chi connectivity index (χ4n) is 5.26. The standard InChI is InChI=1S/C33H37FN4O4S/c1-4-42-28-12-10-23(20-29(28)41-3)21-31-33(40)36(2)27-22-24(11-13-30(27)43-31)32(39)35-14-7-15-37-16-18-38(19-17-37)26-9-6-5-8-25(26)34/h5-6,8-13,20-22H,4,7,14-19H2,1-3H3,(H,35,39)/b31-21+. The predicted molar refractivity (Wildman–Crippen MR) is 170 cm³/mol. The maximum atomic E-state index is 14.1. The highest BCUT2D eigenvalue weighted by molar-refractivity contribution is 8.04. The van der Waals surface area contributed by atoms with Gasteiger partial charge in [0.1, 0.15) is 5.82 Å². The Labute approximate surface area is 256 Å². The Morgan fingerprint density at radius 1 is 1.02 bits per heavy atom. The highest BCUT2D eigenvalue weighted by Crippen LogP contribution is 2.42. The Morgan fingerprint density at radius 3 is 2.56 bits per heavy atom. The SMILES string of the molecule is CCOc1ccc(/C=C2/Sc3ccc(C(=O)NCCCN4CCN(c5ccccc5F)CC4)cc3N(C)C2=O)cc1OC. The molecule has 2 heterocycles. The zero-order valence-corrected chi connectivity index (χ0v) is 25.6. The number of benzene rings is 3. The molecule has 2 aliphatic heterocycles. The van der Waals surface area contributed by atoms with Gasteiger partial charge in [-0.3, -0.25) is 14.5 Å². The molecule has 1 fully saturated rings. The molecular weight excluding hydrogens is 567 g/mol. The number of methoxy groups -OCH3 is 1. The molecule has 2 aliphatic rings. The summed E-state index contributed by atoms with van der Waals surface area (Å²) >= 11 is 1.39. The number of para-hydroxylation sites is 1. The Balaban J connectivity index is 1.14. The minimum Gasteiger partial charge on any atom is -0.493 e. The summed E-state index contributed by atoms with van der Waals surface area (Å²) < 4.78 is 25.1. The lowest BCUT2D eigenvalue weighted by atomic mass is 10.1. The van der Waals surface area contributed by atoms with Gasteiger partial charge in [-0.05, 0) is 74.0 Å². The molecule has 226 valence electrons. The van der Waals surface area contributed by atoms with Crippen LogP contribution in [-0.4, -0.2) is 76.7 Å². The molecule has 3 aromatic carbocycles. The highest BCUT2D eigenvalue weighted by Gasteiger charge is 2.27. The number of carbonyl (C=O) groups excluding carboxylic acids is 2. The fraction of sp³-hybridized carbons (Fsp3) is 0.333. The second-order valence-electron chi connectivity index (χ2n) is 10.4. The van der Waals surface area contributed by atoms with Crippen LogP contribution in [0.15, 0.2) is 70.5 Å². The predicted octanol–water partition coefficient (Wildman–Crippen LogP) is 5.28. The van der Waals surface area contributed by atoms with Gasteiger partial charge in [-0.25, -0.2) is 4.39 Å². The van der Waals surface area contributed by atoms with E-state index in [9.17, 15) is 14.0 Å². The third kappa shape index (κ3) is 7.14. The van der Waals surface area contributed by atoms with Crippen molar-refractivity contribution >= 4 is 41.0 Å². The molecule has 10 heteroatoms. The van der Waals surface area contributed by atoms with Gasteiger partial charge in [0, 0.05) is 50.2 Å². The van der Waals surface area contributed by atoms with E-state index in [-0.39, 0.29) is 17.6 Å². The van der Waals surface area contributed by atoms with Gasteiger partial charge in [0.05, 0.1) is 30.0 Å². The molecule has 0 unspecified atom stereocenters. The van der Waals surface area contributed by atoms with Crippen molar-refractivity contribution in [1.82, 2.24) is 10.2 Å². The monoisotopic (exact) mass is 604 g/mol. The summed E-state index contributed by atoms with van der Waals surface area (Å²) in [6, 6.07) is 17.9. The summed E-state index contributed by atoms with van der Waals surface area (Å²) in [5.74, 6) is 0.773. The second-order valence-corrected chi connectivity index (χ2v) is 11.5. The number of thioether (sulfide) groups is 1. The van der Waals surface area contributed by atoms with E-state index in [0.29, 0.717) is 46.5 Å². The number of piperazine rings is 1. The Hall–Kier alpha value is -4.02. The summed E-state index contributed by atoms with van der Waals surface area (Å²) in [4.78, 5) is 33.6. The van der Waals surface area contributed by atoms with Crippen LogP contribution in [0.1, 0.15) is 29.3 Å². The summed E-state index contributed by atoms with van der Waals surface area (Å²) in [6.07, 6.45) is 2.65. The molecule has 0 aromatic heterocycles. The first-order chi connectivity index (χ1) is 20.9. The first kappa shape index (κ1) is 30.4. The molecule has 1 saturated heterocycles. The van der Waals surface area contributed by atoms with E-state index in [2.05, 4.69) is 15.1 Å². The van der Waals surface area contributed by atoms with Crippen LogP contribution in [0.25, 0.3) is 6.08 Å². The number of carbonyl (C=O) groups is 2. The van der Waals surface area contributed by atoms with Crippen molar-refractivity contribution in [3.05, 3.63) is 82.5 Å². The van der Waals surface area contributed by atoms with Gasteiger partial charge in [-0.2, -0.15) is 0 Å². The third-order valence-corrected chi connectivity index (χ3v) is 8.68. The Bertz CT molecular complexity index is 1510. The van der Waals surface area contributed by atoms with E-state index in [1.54, 1.807) is 37.3 Å². The zero-order valence-electron chi connectivity index (χ0n) is 24.8. The smallest absolute Gasteiger partial charge is 0.264 e. The number of anilines is 2. The van der Waals surface area contributed by atoms with Crippen LogP contribution in [0.5, 0.6) is 11.5 Å². The van der Waals surface area contributed by atoms with E-state index in [0.717, 1.165) is 49.6 Å². The molecular formula is C33H37FN4O4S. The average molecular weight is 605 g/mol. The number of rotatable bonds is 10. The number of nitrogens with one attached hydrogen (secondary N) is 1. The minimum atomic E-state index is -0.183. The average Bonchev–Trinajstić information content (AvgIpc) is 3.03. The summed E-state index contributed by atoms with van der Waals surface area (Å²) in [5, 5.41) is 3.01. The minimum absolute atomic E-state index is 0.141. The number of ether oxygens (including phenoxy) is 2. The first-order valence-corrected chi connectivity index (χ1v) is 15.3. The molecule has 5 rings (SSSR count). The quantitative estimate of drug-likeness (QED) is 0.249. The maximum Gasteiger partial charge on any atom is 0.264 e. The first-order valence-electron chi connectivity index (χ1n) is 14.5. The van der Waals surface area contributed by atoms with Crippen LogP contribution in [0.4, 0.5) is 15.8 Å². The van der Waals surface area contributed by atoms with Crippen molar-refractivity contribution in [3.63, 3.8) is 0 Å². The van der Waals surface area contributed by atoms with Crippen molar-refractivity contribution in [2.45, 2.75) is 18.2 Å². The van der Waals surface area contributed by atoms with Crippen LogP contribution in [0, 0.1) is 5.82 Å². The maximum absolute atomic E-state index is 14.1. The van der Waals surface area contributed by atoms with Gasteiger partial charge >= 0.3 is 0 Å². The highest BCUT2D eigenvalue weighted by atomic mass is 32.2. The number of hydrogen-bond acceptors (Lipinski definition) is 7. The van der Waals surface area contributed by atoms with Crippen molar-refractivity contribution in [1.29, 1.82) is 0 Å². The Morgan fingerprint density at radius 2 is 1.81 bits per heavy atom. The van der Waals surface area contributed by atoms with Crippen LogP contribution in [0.3, 0.4) is 0 Å². The van der Waals surface area contributed by atoms with Crippen LogP contribution in [0.2, 0.25) is 0 Å². The molecule has 0 bridgehead atoms. The molecule has 43 heavy (non-hydrogen) atoms. The number of halogens is 1. The van der Waals surface area contributed by atoms with E-state index in [1.807, 2.05) is 49.4 Å². The topological polar surface area (TPSA) is 74.4 Å². The summed E-state index contributed by atoms with van der Waals surface area (Å²) in [7, 11) is 3.31. The lowest BCUT2D eigenvalue weighted by Gasteiger charge is -2.36. The van der Waals surface area contributed by atoms with Crippen LogP contribution < -0.4 is 24.6 Å². The normalized spacial score (nSPS) is 16.3. The van der Waals surface area contributed by atoms with Crippen LogP contribution >= 0.6 is 11.8 Å². The van der Waals surface area contributed by atoms with Gasteiger partial charge in [-0.1, -0.05) is 30.0 Å². The second kappa shape index (κ2) is 14.0. The molecule has 0 radical (unpaired) electrons. The van der Waals surface area contributed by atoms with Crippen LogP contribution in [-0.2, 0) is 4.79 Å². The molecule has 0 atom stereocenters. The summed E-state index contributed by atoms with van der Waals surface area (Å²) in [6.45, 7) is 7.11. The molecule has 8 nitrogen and oxygen atoms in total. The van der Waals surface area contributed by atoms with Gasteiger partial charge in [0.15, 0.2) is 11.5 Å². The molecule has 1 N–H and O–H groups in total. The zero-order chi connectivity index (χ0) is 30.3. The number of nitrogens with zero attached hydrogens (tertiary/aromatic N) is 3. The molecule has 0 aliphatic carbocycles. The largest absolute Gasteiger partial charge is 0.493 e. The molecule has 0 spiro atoms. The third-order valence-electron chi connectivity index (χ3n) is 7.61. The van der Waals surface area contributed by atoms with Crippen molar-refractivity contribution < 1.29 is 23.5 Å². The van der Waals surface area contributed by atoms with Gasteiger partial charge in [0.2, 0.25) is 0 Å². The van der Waals surface area contributed by atoms with E-state index in [4.69, 9.17) is 9.47 Å². The van der Waals surface area contributed by atoms with Crippen molar-refractivity contribution in [3.8, 4) is 11.5 Å². The molecule has 3 aromatic rings. The van der Waals surface area contributed by atoms with E-state index in [1.165, 1.54) is 17.8 Å². The number of hydrogen-bond donors (Lipinski definition) is 1. The van der Waals surface area contributed by atoms with Gasteiger partial charge < -0.3 is 24.6 Å². The summed E-state index contributed by atoms with van der Waals surface area (Å²) in [5.41, 5.74) is 2.71. The lowest BCUT2D eigenvalue weighted by Crippen LogP contribution is -2.47. The van der Waals surface area contributed by atoms with E-state index < -0.39 is 0 Å². The molecule has 2 amide bonds. The Kier molecular flexibility index (Phi) is 9.89. The van der Waals surface area contributed by atoms with Crippen molar-refractivity contribution in [2.75, 3.05) is 69.8 Å².